The number of nitrogens with one attached hydrogen (secondary N) is 2. The summed E-state index contributed by atoms with van der Waals surface area (Å²) in [6.45, 7) is 0. The van der Waals surface area contributed by atoms with Crippen LogP contribution in [0.3, 0.4) is 0 Å². The van der Waals surface area contributed by atoms with Gasteiger partial charge in [-0.1, -0.05) is 0 Å². The van der Waals surface area contributed by atoms with Gasteiger partial charge in [-0.3, -0.25) is 0 Å². The summed E-state index contributed by atoms with van der Waals surface area (Å²) in [6.07, 6.45) is 8.09. The summed E-state index contributed by atoms with van der Waals surface area (Å²) in [7, 11) is 0. The third kappa shape index (κ3) is 3.14. The Hall–Kier alpha value is -3.05. The Bertz CT molecular complexity index is 990. The first-order valence-corrected chi connectivity index (χ1v) is 7.85. The number of hydrogen-bond donors (Lipinski definition) is 2. The Morgan fingerprint density at radius 3 is 1.04 bits per heavy atom. The first kappa shape index (κ1) is 15.5. The van der Waals surface area contributed by atoms with Crippen LogP contribution in [0.15, 0.2) is 48.5 Å². The topological polar surface area (TPSA) is 57.4 Å². The van der Waals surface area contributed by atoms with Crippen molar-refractivity contribution in [2.75, 3.05) is 0 Å². The van der Waals surface area contributed by atoms with E-state index in [1.54, 1.807) is 0 Å². The molecular weight excluding hydrogens is 328 g/mol. The van der Waals surface area contributed by atoms with Crippen molar-refractivity contribution in [3.05, 3.63) is 71.3 Å². The van der Waals surface area contributed by atoms with E-state index in [0.29, 0.717) is 0 Å². The number of aromatic nitrogens is 4. The monoisotopic (exact) mass is 344 g/mol. The van der Waals surface area contributed by atoms with Crippen molar-refractivity contribution in [3.63, 3.8) is 0 Å². The van der Waals surface area contributed by atoms with Crippen LogP contribution in [-0.2, 0) is 0 Å². The lowest BCUT2D eigenvalue weighted by Gasteiger charge is -1.85. The maximum absolute atomic E-state index is 4.63. The normalized spacial score (nSPS) is 12.2. The highest BCUT2D eigenvalue weighted by atomic mass is 32.1. The Balaban J connectivity index is 0.00000157. The molecule has 0 unspecified atom stereocenters. The molecule has 0 saturated heterocycles. The number of nitrogens with zero attached hydrogens (tertiary/aromatic N) is 2. The predicted octanol–water partition coefficient (Wildman–Crippen LogP) is 4.77. The van der Waals surface area contributed by atoms with Gasteiger partial charge in [-0.25, -0.2) is 9.97 Å². The highest BCUT2D eigenvalue weighted by Gasteiger charge is 2.00. The van der Waals surface area contributed by atoms with E-state index < -0.39 is 0 Å². The van der Waals surface area contributed by atoms with Crippen molar-refractivity contribution < 1.29 is 0 Å². The third-order valence-corrected chi connectivity index (χ3v) is 4.04. The number of hydrogen-bond acceptors (Lipinski definition) is 2. The molecule has 5 rings (SSSR count). The van der Waals surface area contributed by atoms with Crippen LogP contribution in [0.5, 0.6) is 0 Å². The molecule has 25 heavy (non-hydrogen) atoms. The van der Waals surface area contributed by atoms with Gasteiger partial charge in [-0.05, 0) is 72.8 Å². The van der Waals surface area contributed by atoms with Gasteiger partial charge in [0, 0.05) is 22.1 Å². The zero-order valence-corrected chi connectivity index (χ0v) is 14.3. The van der Waals surface area contributed by atoms with Gasteiger partial charge >= 0.3 is 0 Å². The zero-order valence-electron chi connectivity index (χ0n) is 13.3. The number of fused-ring (bicyclic) bond motifs is 8. The van der Waals surface area contributed by atoms with Crippen LogP contribution in [-0.4, -0.2) is 19.9 Å². The van der Waals surface area contributed by atoms with Crippen molar-refractivity contribution in [3.8, 4) is 0 Å². The van der Waals surface area contributed by atoms with Crippen LogP contribution in [0.4, 0.5) is 0 Å². The van der Waals surface area contributed by atoms with Crippen molar-refractivity contribution in [2.45, 2.75) is 0 Å². The summed E-state index contributed by atoms with van der Waals surface area (Å²) >= 11 is 0. The number of H-pyrrole nitrogens is 2. The average Bonchev–Trinajstić information content (AvgIpc) is 3.32. The van der Waals surface area contributed by atoms with E-state index in [4.69, 9.17) is 0 Å². The van der Waals surface area contributed by atoms with Gasteiger partial charge < -0.3 is 9.97 Å². The molecule has 2 N–H and O–H groups in total. The molecule has 0 atom stereocenters. The maximum Gasteiger partial charge on any atom is 0.0658 e. The SMILES string of the molecule is C1=Cc2cc3ccc(cc4nc(cc5ccc(cc1n2)[nH]5)C=C4)[nH]3.S. The molecule has 3 aromatic rings. The predicted molar refractivity (Wildman–Crippen MR) is 109 cm³/mol. The van der Waals surface area contributed by atoms with Gasteiger partial charge in [-0.2, -0.15) is 13.5 Å². The fourth-order valence-electron chi connectivity index (χ4n) is 2.94. The molecule has 0 aliphatic carbocycles. The van der Waals surface area contributed by atoms with E-state index in [-0.39, 0.29) is 13.5 Å². The fourth-order valence-corrected chi connectivity index (χ4v) is 2.94. The van der Waals surface area contributed by atoms with E-state index in [2.05, 4.69) is 44.2 Å². The highest BCUT2D eigenvalue weighted by molar-refractivity contribution is 7.59. The molecule has 4 nitrogen and oxygen atoms in total. The molecule has 0 amide bonds. The van der Waals surface area contributed by atoms with E-state index in [1.807, 2.05) is 48.6 Å². The smallest absolute Gasteiger partial charge is 0.0658 e. The fraction of sp³-hybridized carbons (Fsp3) is 0. The Labute approximate surface area is 151 Å². The van der Waals surface area contributed by atoms with Gasteiger partial charge in [-0.15, -0.1) is 0 Å². The lowest BCUT2D eigenvalue weighted by atomic mass is 10.3. The summed E-state index contributed by atoms with van der Waals surface area (Å²) in [4.78, 5) is 16.0. The maximum atomic E-state index is 4.63. The molecule has 0 spiro atoms. The molecule has 0 fully saturated rings. The Morgan fingerprint density at radius 1 is 0.480 bits per heavy atom. The molecule has 0 radical (unpaired) electrons. The minimum atomic E-state index is 0. The summed E-state index contributed by atoms with van der Waals surface area (Å²) in [5, 5.41) is 0. The lowest BCUT2D eigenvalue weighted by Crippen LogP contribution is -1.75. The second-order valence-corrected chi connectivity index (χ2v) is 5.91. The molecular formula is C20H16N4S. The van der Waals surface area contributed by atoms with E-state index in [0.717, 1.165) is 44.8 Å². The first-order chi connectivity index (χ1) is 11.8. The Kier molecular flexibility index (Phi) is 3.78. The van der Waals surface area contributed by atoms with Crippen LogP contribution in [0.1, 0.15) is 22.8 Å². The highest BCUT2D eigenvalue weighted by Crippen LogP contribution is 2.16. The molecule has 5 heterocycles. The third-order valence-electron chi connectivity index (χ3n) is 4.04. The van der Waals surface area contributed by atoms with E-state index in [9.17, 15) is 0 Å². The minimum absolute atomic E-state index is 0. The summed E-state index contributed by atoms with van der Waals surface area (Å²) in [6, 6.07) is 16.4. The quantitative estimate of drug-likeness (QED) is 0.425. The molecule has 0 saturated carbocycles. The van der Waals surface area contributed by atoms with Crippen LogP contribution in [0.2, 0.25) is 0 Å². The van der Waals surface area contributed by atoms with E-state index >= 15 is 0 Å². The average molecular weight is 344 g/mol. The van der Waals surface area contributed by atoms with Crippen LogP contribution in [0.25, 0.3) is 46.4 Å². The summed E-state index contributed by atoms with van der Waals surface area (Å²) in [5.41, 5.74) is 7.86. The standard InChI is InChI=1S/C20H14N4.H2S/c1-2-14-10-16-5-6-18(23-16)12-20-8-7-19(24-20)11-17-4-3-15(22-17)9-13(1)21-14;/h1-12,21,24H;1H2. The minimum Gasteiger partial charge on any atom is -0.355 e. The van der Waals surface area contributed by atoms with Gasteiger partial charge in [0.2, 0.25) is 0 Å². The molecule has 2 aliphatic heterocycles. The van der Waals surface area contributed by atoms with Crippen LogP contribution in [0, 0.1) is 0 Å². The molecule has 122 valence electrons. The van der Waals surface area contributed by atoms with Gasteiger partial charge in [0.15, 0.2) is 0 Å². The van der Waals surface area contributed by atoms with Crippen molar-refractivity contribution in [1.29, 1.82) is 0 Å². The molecule has 8 bridgehead atoms. The lowest BCUT2D eigenvalue weighted by molar-refractivity contribution is 1.31. The van der Waals surface area contributed by atoms with E-state index in [1.165, 1.54) is 0 Å². The summed E-state index contributed by atoms with van der Waals surface area (Å²) < 4.78 is 0. The van der Waals surface area contributed by atoms with Crippen LogP contribution >= 0.6 is 13.5 Å². The second kappa shape index (κ2) is 6.11. The van der Waals surface area contributed by atoms with Crippen molar-refractivity contribution in [2.24, 2.45) is 0 Å². The summed E-state index contributed by atoms with van der Waals surface area (Å²) in [5.74, 6) is 0. The molecule has 3 aromatic heterocycles. The Morgan fingerprint density at radius 2 is 0.760 bits per heavy atom. The van der Waals surface area contributed by atoms with Crippen LogP contribution < -0.4 is 0 Å². The molecule has 2 aliphatic rings. The molecule has 5 heteroatoms. The first-order valence-electron chi connectivity index (χ1n) is 7.85. The van der Waals surface area contributed by atoms with Crippen molar-refractivity contribution in [1.82, 2.24) is 19.9 Å². The van der Waals surface area contributed by atoms with Crippen molar-refractivity contribution >= 4 is 59.9 Å². The van der Waals surface area contributed by atoms with Gasteiger partial charge in [0.25, 0.3) is 0 Å². The molecule has 0 aromatic carbocycles. The zero-order chi connectivity index (χ0) is 15.9. The van der Waals surface area contributed by atoms with Gasteiger partial charge in [0.05, 0.1) is 22.8 Å². The van der Waals surface area contributed by atoms with Gasteiger partial charge in [0.1, 0.15) is 0 Å². The number of rotatable bonds is 0. The number of aromatic amines is 2. The largest absolute Gasteiger partial charge is 0.355 e. The second-order valence-electron chi connectivity index (χ2n) is 5.91.